The highest BCUT2D eigenvalue weighted by molar-refractivity contribution is 6.27. The molecule has 2 rings (SSSR count). The van der Waals surface area contributed by atoms with Crippen LogP contribution in [-0.4, -0.2) is 75.6 Å². The average molecular weight is 474 g/mol. The molecule has 0 saturated carbocycles. The van der Waals surface area contributed by atoms with E-state index in [4.69, 9.17) is 0 Å². The first-order valence-electron chi connectivity index (χ1n) is 9.15. The van der Waals surface area contributed by atoms with Gasteiger partial charge in [-0.25, -0.2) is 9.59 Å². The molecule has 2 aromatic carbocycles. The van der Waals surface area contributed by atoms with Crippen molar-refractivity contribution in [2.45, 2.75) is 11.2 Å². The van der Waals surface area contributed by atoms with Crippen molar-refractivity contribution in [3.05, 3.63) is 59.7 Å². The fourth-order valence-electron chi connectivity index (χ4n) is 2.75. The van der Waals surface area contributed by atoms with Crippen LogP contribution >= 0.6 is 0 Å². The van der Waals surface area contributed by atoms with Crippen LogP contribution in [0.2, 0.25) is 0 Å². The van der Waals surface area contributed by atoms with Gasteiger partial charge >= 0.3 is 11.9 Å². The predicted molar refractivity (Wildman–Crippen MR) is 113 cm³/mol. The zero-order valence-corrected chi connectivity index (χ0v) is 17.0. The second-order valence-corrected chi connectivity index (χ2v) is 6.92. The SMILES string of the molecule is O=C(O)[C@@](O)(C(=O)/C=C/c1ccc(O)c(O)c1)[C@@](O)(C(=O)O)C(=O)/C=C/c1ccc(O)c(O)c1. The molecule has 178 valence electrons. The summed E-state index contributed by atoms with van der Waals surface area (Å²) in [4.78, 5) is 48.6. The molecule has 0 aliphatic carbocycles. The van der Waals surface area contributed by atoms with E-state index in [1.54, 1.807) is 0 Å². The highest BCUT2D eigenvalue weighted by Crippen LogP contribution is 2.30. The summed E-state index contributed by atoms with van der Waals surface area (Å²) in [6.07, 6.45) is 2.39. The molecule has 0 bridgehead atoms. The van der Waals surface area contributed by atoms with Gasteiger partial charge in [0.25, 0.3) is 11.2 Å². The summed E-state index contributed by atoms with van der Waals surface area (Å²) < 4.78 is 0. The van der Waals surface area contributed by atoms with E-state index in [0.717, 1.165) is 36.4 Å². The number of carbonyl (C=O) groups excluding carboxylic acids is 2. The first-order valence-corrected chi connectivity index (χ1v) is 9.15. The molecule has 0 spiro atoms. The topological polar surface area (TPSA) is 230 Å². The van der Waals surface area contributed by atoms with Gasteiger partial charge in [-0.3, -0.25) is 9.59 Å². The number of hydrogen-bond donors (Lipinski definition) is 8. The first-order chi connectivity index (χ1) is 15.7. The Labute approximate surface area is 190 Å². The third-order valence-corrected chi connectivity index (χ3v) is 4.71. The Morgan fingerprint density at radius 1 is 0.588 bits per heavy atom. The smallest absolute Gasteiger partial charge is 0.348 e. The Hall–Kier alpha value is -4.68. The Morgan fingerprint density at radius 2 is 0.912 bits per heavy atom. The Bertz CT molecular complexity index is 1130. The van der Waals surface area contributed by atoms with Crippen molar-refractivity contribution < 1.29 is 60.0 Å². The third kappa shape index (κ3) is 4.57. The molecule has 0 heterocycles. The summed E-state index contributed by atoms with van der Waals surface area (Å²) >= 11 is 0. The zero-order valence-electron chi connectivity index (χ0n) is 17.0. The van der Waals surface area contributed by atoms with Crippen molar-refractivity contribution in [3.63, 3.8) is 0 Å². The van der Waals surface area contributed by atoms with Gasteiger partial charge in [0.15, 0.2) is 23.0 Å². The molecule has 0 fully saturated rings. The third-order valence-electron chi connectivity index (χ3n) is 4.71. The van der Waals surface area contributed by atoms with E-state index in [1.807, 2.05) is 0 Å². The van der Waals surface area contributed by atoms with E-state index >= 15 is 0 Å². The maximum atomic E-state index is 12.6. The quantitative estimate of drug-likeness (QED) is 0.136. The lowest BCUT2D eigenvalue weighted by Gasteiger charge is -2.33. The highest BCUT2D eigenvalue weighted by atomic mass is 16.5. The van der Waals surface area contributed by atoms with Crippen LogP contribution in [-0.2, 0) is 19.2 Å². The molecule has 0 unspecified atom stereocenters. The molecule has 0 aromatic heterocycles. The molecule has 0 aliphatic rings. The number of aliphatic hydroxyl groups is 2. The Kier molecular flexibility index (Phi) is 7.10. The number of hydrogen-bond acceptors (Lipinski definition) is 10. The molecule has 12 heteroatoms. The molecule has 0 saturated heterocycles. The van der Waals surface area contributed by atoms with Crippen molar-refractivity contribution in [2.75, 3.05) is 0 Å². The molecule has 0 radical (unpaired) electrons. The molecular formula is C22H18O12. The molecule has 2 atom stereocenters. The lowest BCUT2D eigenvalue weighted by Crippen LogP contribution is -2.71. The fraction of sp³-hybridized carbons (Fsp3) is 0.0909. The maximum absolute atomic E-state index is 12.6. The van der Waals surface area contributed by atoms with Gasteiger partial charge in [0.05, 0.1) is 0 Å². The van der Waals surface area contributed by atoms with E-state index in [0.29, 0.717) is 12.2 Å². The highest BCUT2D eigenvalue weighted by Gasteiger charge is 2.68. The van der Waals surface area contributed by atoms with Gasteiger partial charge in [0, 0.05) is 0 Å². The number of carbonyl (C=O) groups is 4. The summed E-state index contributed by atoms with van der Waals surface area (Å²) in [7, 11) is 0. The molecule has 8 N–H and O–H groups in total. The minimum atomic E-state index is -4.19. The standard InChI is InChI=1S/C22H18O12/c23-13-5-1-11(9-15(13)25)3-7-17(27)21(33,19(29)30)22(34,20(31)32)18(28)8-4-12-2-6-14(24)16(26)10-12/h1-10,23-26,33-34H,(H,29,30)(H,31,32)/b7-3+,8-4+/t21-,22-/m0/s1. The minimum Gasteiger partial charge on any atom is -0.504 e. The largest absolute Gasteiger partial charge is 0.504 e. The second kappa shape index (κ2) is 9.44. The van der Waals surface area contributed by atoms with Crippen LogP contribution in [0.4, 0.5) is 0 Å². The molecule has 2 aromatic rings. The minimum absolute atomic E-state index is 0.00798. The van der Waals surface area contributed by atoms with E-state index in [1.165, 1.54) is 12.1 Å². The van der Waals surface area contributed by atoms with Crippen molar-refractivity contribution in [1.29, 1.82) is 0 Å². The van der Waals surface area contributed by atoms with E-state index < -0.39 is 57.7 Å². The lowest BCUT2D eigenvalue weighted by atomic mass is 9.76. The molecule has 0 amide bonds. The molecule has 34 heavy (non-hydrogen) atoms. The summed E-state index contributed by atoms with van der Waals surface area (Å²) in [6.45, 7) is 0. The zero-order chi connectivity index (χ0) is 25.8. The Morgan fingerprint density at radius 3 is 1.18 bits per heavy atom. The predicted octanol–water partition coefficient (Wildman–Crippen LogP) is 0.00520. The van der Waals surface area contributed by atoms with E-state index in [9.17, 15) is 60.0 Å². The number of phenolic OH excluding ortho intramolecular Hbond substituents is 4. The van der Waals surface area contributed by atoms with Gasteiger partial charge < -0.3 is 40.9 Å². The van der Waals surface area contributed by atoms with Gasteiger partial charge in [0.1, 0.15) is 0 Å². The van der Waals surface area contributed by atoms with Gasteiger partial charge in [-0.05, 0) is 47.5 Å². The van der Waals surface area contributed by atoms with Crippen LogP contribution in [0.25, 0.3) is 12.2 Å². The van der Waals surface area contributed by atoms with Gasteiger partial charge in [-0.1, -0.05) is 24.3 Å². The van der Waals surface area contributed by atoms with Crippen molar-refractivity contribution in [3.8, 4) is 23.0 Å². The molecule has 12 nitrogen and oxygen atoms in total. The number of phenols is 4. The van der Waals surface area contributed by atoms with Crippen LogP contribution in [0, 0.1) is 0 Å². The average Bonchev–Trinajstić information content (AvgIpc) is 2.78. The van der Waals surface area contributed by atoms with Gasteiger partial charge in [-0.15, -0.1) is 0 Å². The molecule has 0 aliphatic heterocycles. The van der Waals surface area contributed by atoms with E-state index in [-0.39, 0.29) is 11.1 Å². The summed E-state index contributed by atoms with van der Waals surface area (Å²) in [5.41, 5.74) is -8.36. The number of carboxylic acids is 2. The summed E-state index contributed by atoms with van der Waals surface area (Å²) in [6, 6.07) is 6.27. The van der Waals surface area contributed by atoms with Gasteiger partial charge in [0.2, 0.25) is 11.6 Å². The van der Waals surface area contributed by atoms with Crippen LogP contribution in [0.15, 0.2) is 48.6 Å². The monoisotopic (exact) mass is 474 g/mol. The number of rotatable bonds is 9. The lowest BCUT2D eigenvalue weighted by molar-refractivity contribution is -0.204. The van der Waals surface area contributed by atoms with Crippen molar-refractivity contribution in [2.24, 2.45) is 0 Å². The summed E-state index contributed by atoms with van der Waals surface area (Å²) in [5.74, 6) is -11.1. The van der Waals surface area contributed by atoms with Crippen molar-refractivity contribution in [1.82, 2.24) is 0 Å². The fourth-order valence-corrected chi connectivity index (χ4v) is 2.75. The molecular weight excluding hydrogens is 456 g/mol. The van der Waals surface area contributed by atoms with Crippen LogP contribution in [0.1, 0.15) is 11.1 Å². The Balaban J connectivity index is 2.49. The number of aliphatic carboxylic acids is 2. The first kappa shape index (κ1) is 25.6. The van der Waals surface area contributed by atoms with Crippen molar-refractivity contribution >= 4 is 35.7 Å². The maximum Gasteiger partial charge on any atom is 0.348 e. The number of carboxylic acid groups (broad SMARTS) is 2. The van der Waals surface area contributed by atoms with Crippen LogP contribution < -0.4 is 0 Å². The van der Waals surface area contributed by atoms with E-state index in [2.05, 4.69) is 0 Å². The number of ketones is 2. The second-order valence-electron chi connectivity index (χ2n) is 6.92. The van der Waals surface area contributed by atoms with Crippen LogP contribution in [0.5, 0.6) is 23.0 Å². The van der Waals surface area contributed by atoms with Gasteiger partial charge in [-0.2, -0.15) is 0 Å². The number of aromatic hydroxyl groups is 4. The number of benzene rings is 2. The van der Waals surface area contributed by atoms with Crippen LogP contribution in [0.3, 0.4) is 0 Å². The summed E-state index contributed by atoms with van der Waals surface area (Å²) in [5, 5.41) is 77.4. The normalized spacial score (nSPS) is 15.0.